The summed E-state index contributed by atoms with van der Waals surface area (Å²) in [6.45, 7) is -0.195. The van der Waals surface area contributed by atoms with Gasteiger partial charge in [0.05, 0.1) is 13.2 Å². The second kappa shape index (κ2) is 8.84. The van der Waals surface area contributed by atoms with Crippen molar-refractivity contribution in [1.29, 1.82) is 0 Å². The van der Waals surface area contributed by atoms with Crippen LogP contribution in [-0.4, -0.2) is 116 Å². The highest BCUT2D eigenvalue weighted by Crippen LogP contribution is 2.28. The van der Waals surface area contributed by atoms with Gasteiger partial charge in [-0.3, -0.25) is 4.79 Å². The zero-order valence-corrected chi connectivity index (χ0v) is 14.0. The molecule has 0 radical (unpaired) electrons. The van der Waals surface area contributed by atoms with Crippen molar-refractivity contribution in [3.8, 4) is 0 Å². The average Bonchev–Trinajstić information content (AvgIpc) is 2.60. The second-order valence-corrected chi connectivity index (χ2v) is 6.26. The number of carbonyl (C=O) groups is 1. The lowest BCUT2D eigenvalue weighted by atomic mass is 9.95. The van der Waals surface area contributed by atoms with Crippen molar-refractivity contribution in [2.24, 2.45) is 0 Å². The third-order valence-corrected chi connectivity index (χ3v) is 4.38. The predicted octanol–water partition coefficient (Wildman–Crippen LogP) is -5.25. The van der Waals surface area contributed by atoms with Crippen LogP contribution in [0.2, 0.25) is 0 Å². The SMILES string of the molecule is CC(=O)NC1[C@H](O)OC(CO)[C@@H](O[C@@H]2O[C@@H](CO)[C@H](O)C(O)C2O)[C@@H]1O. The number of nitrogens with one attached hydrogen (secondary N) is 1. The van der Waals surface area contributed by atoms with Gasteiger partial charge >= 0.3 is 0 Å². The molecule has 1 amide bonds. The van der Waals surface area contributed by atoms with Crippen LogP contribution in [0.15, 0.2) is 0 Å². The van der Waals surface area contributed by atoms with Crippen LogP contribution in [0.25, 0.3) is 0 Å². The summed E-state index contributed by atoms with van der Waals surface area (Å²) in [6, 6.07) is -1.29. The van der Waals surface area contributed by atoms with Crippen molar-refractivity contribution in [3.05, 3.63) is 0 Å². The van der Waals surface area contributed by atoms with Gasteiger partial charge in [-0.2, -0.15) is 0 Å². The number of aliphatic hydroxyl groups excluding tert-OH is 7. The summed E-state index contributed by atoms with van der Waals surface area (Å²) >= 11 is 0. The van der Waals surface area contributed by atoms with Gasteiger partial charge in [-0.25, -0.2) is 0 Å². The summed E-state index contributed by atoms with van der Waals surface area (Å²) in [5.74, 6) is -0.564. The van der Waals surface area contributed by atoms with E-state index in [1.54, 1.807) is 0 Å². The summed E-state index contributed by atoms with van der Waals surface area (Å²) in [7, 11) is 0. The molecule has 2 saturated heterocycles. The molecular weight excluding hydrogens is 358 g/mol. The minimum atomic E-state index is -1.73. The molecule has 12 heteroatoms. The van der Waals surface area contributed by atoms with E-state index >= 15 is 0 Å². The van der Waals surface area contributed by atoms with Gasteiger partial charge in [0.1, 0.15) is 48.8 Å². The molecule has 152 valence electrons. The van der Waals surface area contributed by atoms with E-state index in [-0.39, 0.29) is 0 Å². The first kappa shape index (κ1) is 21.4. The van der Waals surface area contributed by atoms with Gasteiger partial charge in [-0.15, -0.1) is 0 Å². The predicted molar refractivity (Wildman–Crippen MR) is 80.2 cm³/mol. The smallest absolute Gasteiger partial charge is 0.217 e. The number of amides is 1. The Kier molecular flexibility index (Phi) is 7.27. The van der Waals surface area contributed by atoms with Crippen LogP contribution in [0.3, 0.4) is 0 Å². The van der Waals surface area contributed by atoms with E-state index in [4.69, 9.17) is 14.2 Å². The maximum atomic E-state index is 11.2. The van der Waals surface area contributed by atoms with Gasteiger partial charge in [0.25, 0.3) is 0 Å². The van der Waals surface area contributed by atoms with Crippen LogP contribution in [0.1, 0.15) is 6.92 Å². The summed E-state index contributed by atoms with van der Waals surface area (Å²) in [6.07, 6.45) is -13.6. The second-order valence-electron chi connectivity index (χ2n) is 6.26. The molecular formula is C14H25NO11. The van der Waals surface area contributed by atoms with Crippen molar-refractivity contribution in [2.45, 2.75) is 68.3 Å². The highest BCUT2D eigenvalue weighted by Gasteiger charge is 2.50. The van der Waals surface area contributed by atoms with Gasteiger partial charge in [-0.05, 0) is 0 Å². The van der Waals surface area contributed by atoms with Crippen molar-refractivity contribution in [2.75, 3.05) is 13.2 Å². The Hall–Kier alpha value is -0.930. The van der Waals surface area contributed by atoms with E-state index in [2.05, 4.69) is 5.32 Å². The van der Waals surface area contributed by atoms with Crippen LogP contribution >= 0.6 is 0 Å². The Bertz CT molecular complexity index is 478. The number of ether oxygens (including phenoxy) is 3. The van der Waals surface area contributed by atoms with Gasteiger partial charge in [0.15, 0.2) is 12.6 Å². The van der Waals surface area contributed by atoms with E-state index in [0.717, 1.165) is 6.92 Å². The zero-order valence-electron chi connectivity index (χ0n) is 14.0. The van der Waals surface area contributed by atoms with Crippen LogP contribution in [0.4, 0.5) is 0 Å². The Morgan fingerprint density at radius 1 is 0.923 bits per heavy atom. The molecule has 0 aromatic heterocycles. The van der Waals surface area contributed by atoms with Gasteiger partial charge in [0, 0.05) is 6.92 Å². The number of carbonyl (C=O) groups excluding carboxylic acids is 1. The molecule has 12 nitrogen and oxygen atoms in total. The molecule has 2 rings (SSSR count). The topological polar surface area (TPSA) is 198 Å². The van der Waals surface area contributed by atoms with Gasteiger partial charge < -0.3 is 55.3 Å². The molecule has 2 fully saturated rings. The molecule has 0 aromatic carbocycles. The minimum absolute atomic E-state index is 0.564. The van der Waals surface area contributed by atoms with Gasteiger partial charge in [0.2, 0.25) is 5.91 Å². The largest absolute Gasteiger partial charge is 0.394 e. The van der Waals surface area contributed by atoms with E-state index in [1.165, 1.54) is 0 Å². The first-order valence-corrected chi connectivity index (χ1v) is 8.06. The zero-order chi connectivity index (χ0) is 19.6. The molecule has 0 aliphatic carbocycles. The van der Waals surface area contributed by atoms with E-state index in [1.807, 2.05) is 0 Å². The maximum Gasteiger partial charge on any atom is 0.217 e. The third kappa shape index (κ3) is 4.31. The molecule has 2 heterocycles. The quantitative estimate of drug-likeness (QED) is 0.226. The maximum absolute atomic E-state index is 11.2. The van der Waals surface area contributed by atoms with Crippen molar-refractivity contribution < 1.29 is 54.8 Å². The van der Waals surface area contributed by atoms with E-state index in [0.29, 0.717) is 0 Å². The van der Waals surface area contributed by atoms with Crippen molar-refractivity contribution in [3.63, 3.8) is 0 Å². The highest BCUT2D eigenvalue weighted by atomic mass is 16.7. The lowest BCUT2D eigenvalue weighted by molar-refractivity contribution is -0.345. The Balaban J connectivity index is 2.16. The molecule has 8 N–H and O–H groups in total. The molecule has 0 bridgehead atoms. The molecule has 2 aliphatic rings. The molecule has 26 heavy (non-hydrogen) atoms. The summed E-state index contributed by atoms with van der Waals surface area (Å²) < 4.78 is 15.7. The summed E-state index contributed by atoms with van der Waals surface area (Å²) in [5.41, 5.74) is 0. The summed E-state index contributed by atoms with van der Waals surface area (Å²) in [5, 5.41) is 70.7. The summed E-state index contributed by atoms with van der Waals surface area (Å²) in [4.78, 5) is 11.2. The molecule has 4 unspecified atom stereocenters. The Morgan fingerprint density at radius 3 is 2.08 bits per heavy atom. The molecule has 0 spiro atoms. The van der Waals surface area contributed by atoms with Crippen LogP contribution < -0.4 is 5.32 Å². The molecule has 2 aliphatic heterocycles. The fourth-order valence-electron chi connectivity index (χ4n) is 2.98. The van der Waals surface area contributed by atoms with Crippen LogP contribution in [0.5, 0.6) is 0 Å². The van der Waals surface area contributed by atoms with E-state index in [9.17, 15) is 40.5 Å². The normalized spacial score (nSPS) is 46.8. The molecule has 0 aromatic rings. The Labute approximate surface area is 148 Å². The van der Waals surface area contributed by atoms with Crippen LogP contribution in [0, 0.1) is 0 Å². The first-order chi connectivity index (χ1) is 12.2. The monoisotopic (exact) mass is 383 g/mol. The van der Waals surface area contributed by atoms with Crippen molar-refractivity contribution in [1.82, 2.24) is 5.32 Å². The van der Waals surface area contributed by atoms with Crippen LogP contribution in [-0.2, 0) is 19.0 Å². The number of aliphatic hydroxyl groups is 7. The number of rotatable bonds is 5. The van der Waals surface area contributed by atoms with Crippen molar-refractivity contribution >= 4 is 5.91 Å². The number of hydrogen-bond donors (Lipinski definition) is 8. The van der Waals surface area contributed by atoms with E-state index < -0.39 is 80.5 Å². The fraction of sp³-hybridized carbons (Fsp3) is 0.929. The molecule has 10 atom stereocenters. The first-order valence-electron chi connectivity index (χ1n) is 8.06. The standard InChI is InChI=1S/C14H25NO11/c1-4(18)15-7-9(20)12(6(3-17)24-13(7)23)26-14-11(22)10(21)8(19)5(2-16)25-14/h5-14,16-17,19-23H,2-3H2,1H3,(H,15,18)/t5-,6?,7?,8-,9+,10?,11?,12+,13+,14-/m0/s1. The third-order valence-electron chi connectivity index (χ3n) is 4.38. The Morgan fingerprint density at radius 2 is 1.54 bits per heavy atom. The number of hydrogen-bond acceptors (Lipinski definition) is 11. The lowest BCUT2D eigenvalue weighted by Crippen LogP contribution is -2.67. The lowest BCUT2D eigenvalue weighted by Gasteiger charge is -2.46. The highest BCUT2D eigenvalue weighted by molar-refractivity contribution is 5.73. The average molecular weight is 383 g/mol. The molecule has 0 saturated carbocycles. The fourth-order valence-corrected chi connectivity index (χ4v) is 2.98. The minimum Gasteiger partial charge on any atom is -0.394 e. The van der Waals surface area contributed by atoms with Gasteiger partial charge in [-0.1, -0.05) is 0 Å².